The summed E-state index contributed by atoms with van der Waals surface area (Å²) in [5, 5.41) is 4.66. The molecular formula is C37H23N3O. The molecule has 0 N–H and O–H groups in total. The van der Waals surface area contributed by atoms with Crippen molar-refractivity contribution in [1.82, 2.24) is 14.1 Å². The van der Waals surface area contributed by atoms with E-state index < -0.39 is 0 Å². The average molecular weight is 526 g/mol. The van der Waals surface area contributed by atoms with Crippen LogP contribution in [0.1, 0.15) is 0 Å². The summed E-state index contributed by atoms with van der Waals surface area (Å²) in [7, 11) is 0. The molecule has 0 unspecified atom stereocenters. The van der Waals surface area contributed by atoms with E-state index in [1.807, 2.05) is 24.3 Å². The largest absolute Gasteiger partial charge is 0.454 e. The molecule has 0 spiro atoms. The lowest BCUT2D eigenvalue weighted by atomic mass is 10.1. The highest BCUT2D eigenvalue weighted by atomic mass is 16.3. The first-order valence-electron chi connectivity index (χ1n) is 13.8. The third-order valence-corrected chi connectivity index (χ3v) is 8.14. The van der Waals surface area contributed by atoms with Crippen molar-refractivity contribution in [2.45, 2.75) is 0 Å². The average Bonchev–Trinajstić information content (AvgIpc) is 3.71. The van der Waals surface area contributed by atoms with Crippen LogP contribution in [0.4, 0.5) is 0 Å². The van der Waals surface area contributed by atoms with Gasteiger partial charge in [0.15, 0.2) is 5.58 Å². The van der Waals surface area contributed by atoms with Gasteiger partial charge in [0.05, 0.1) is 22.1 Å². The lowest BCUT2D eigenvalue weighted by Crippen LogP contribution is -1.98. The van der Waals surface area contributed by atoms with Crippen LogP contribution in [-0.2, 0) is 0 Å². The first-order valence-corrected chi connectivity index (χ1v) is 13.8. The summed E-state index contributed by atoms with van der Waals surface area (Å²) >= 11 is 0. The summed E-state index contributed by atoms with van der Waals surface area (Å²) in [6, 6.07) is 48.8. The second-order valence-electron chi connectivity index (χ2n) is 10.4. The fraction of sp³-hybridized carbons (Fsp3) is 0. The summed E-state index contributed by atoms with van der Waals surface area (Å²) in [5.41, 5.74) is 9.35. The van der Waals surface area contributed by atoms with E-state index >= 15 is 0 Å². The number of rotatable bonds is 3. The second-order valence-corrected chi connectivity index (χ2v) is 10.4. The fourth-order valence-electron chi connectivity index (χ4n) is 6.32. The van der Waals surface area contributed by atoms with E-state index in [4.69, 9.17) is 9.40 Å². The minimum atomic E-state index is 0.905. The van der Waals surface area contributed by atoms with Gasteiger partial charge in [-0.2, -0.15) is 0 Å². The summed E-state index contributed by atoms with van der Waals surface area (Å²) in [6.07, 6.45) is 0. The van der Waals surface area contributed by atoms with Crippen LogP contribution in [0.15, 0.2) is 144 Å². The van der Waals surface area contributed by atoms with Crippen molar-refractivity contribution in [3.05, 3.63) is 140 Å². The lowest BCUT2D eigenvalue weighted by Gasteiger charge is -2.11. The molecule has 0 saturated heterocycles. The van der Waals surface area contributed by atoms with Gasteiger partial charge in [0.2, 0.25) is 0 Å². The predicted octanol–water partition coefficient (Wildman–Crippen LogP) is 9.69. The van der Waals surface area contributed by atoms with Crippen LogP contribution < -0.4 is 0 Å². The predicted molar refractivity (Wildman–Crippen MR) is 168 cm³/mol. The lowest BCUT2D eigenvalue weighted by molar-refractivity contribution is 0.671. The Morgan fingerprint density at radius 3 is 1.98 bits per heavy atom. The topological polar surface area (TPSA) is 35.9 Å². The quantitative estimate of drug-likeness (QED) is 0.230. The molecule has 0 aliphatic rings. The third-order valence-electron chi connectivity index (χ3n) is 8.14. The molecule has 4 nitrogen and oxygen atoms in total. The Labute approximate surface area is 235 Å². The number of hydrogen-bond acceptors (Lipinski definition) is 2. The van der Waals surface area contributed by atoms with Crippen molar-refractivity contribution in [2.24, 2.45) is 0 Å². The van der Waals surface area contributed by atoms with Crippen LogP contribution in [0.3, 0.4) is 0 Å². The Hall–Kier alpha value is -5.61. The molecule has 0 aliphatic heterocycles. The van der Waals surface area contributed by atoms with Gasteiger partial charge in [-0.1, -0.05) is 72.8 Å². The molecule has 0 fully saturated rings. The maximum atomic E-state index is 6.51. The minimum Gasteiger partial charge on any atom is -0.454 e. The molecule has 192 valence electrons. The van der Waals surface area contributed by atoms with Crippen LogP contribution >= 0.6 is 0 Å². The summed E-state index contributed by atoms with van der Waals surface area (Å²) < 4.78 is 11.1. The van der Waals surface area contributed by atoms with Crippen molar-refractivity contribution in [3.63, 3.8) is 0 Å². The minimum absolute atomic E-state index is 0.905. The van der Waals surface area contributed by atoms with Crippen LogP contribution in [-0.4, -0.2) is 14.1 Å². The molecule has 0 saturated carbocycles. The molecule has 0 amide bonds. The number of furan rings is 1. The smallest absolute Gasteiger partial charge is 0.160 e. The van der Waals surface area contributed by atoms with Crippen molar-refractivity contribution in [3.8, 4) is 22.8 Å². The van der Waals surface area contributed by atoms with E-state index in [1.54, 1.807) is 0 Å². The molecule has 0 radical (unpaired) electrons. The van der Waals surface area contributed by atoms with E-state index in [0.29, 0.717) is 0 Å². The van der Waals surface area contributed by atoms with Gasteiger partial charge in [-0.3, -0.25) is 4.57 Å². The van der Waals surface area contributed by atoms with Gasteiger partial charge in [-0.05, 0) is 66.7 Å². The highest BCUT2D eigenvalue weighted by Crippen LogP contribution is 2.40. The Morgan fingerprint density at radius 1 is 0.463 bits per heavy atom. The van der Waals surface area contributed by atoms with Crippen molar-refractivity contribution in [1.29, 1.82) is 0 Å². The molecule has 3 aromatic heterocycles. The van der Waals surface area contributed by atoms with E-state index in [9.17, 15) is 0 Å². The SMILES string of the molecule is c1ccc(-n2c(-c3ccc(-n4c5ccccc5c5ccc6c7ccccc7oc6c54)cc3)nc3ccccc32)cc1. The van der Waals surface area contributed by atoms with E-state index in [-0.39, 0.29) is 0 Å². The maximum absolute atomic E-state index is 6.51. The van der Waals surface area contributed by atoms with Crippen molar-refractivity contribution < 1.29 is 4.42 Å². The number of nitrogens with zero attached hydrogens (tertiary/aromatic N) is 3. The second kappa shape index (κ2) is 8.44. The zero-order valence-electron chi connectivity index (χ0n) is 22.0. The van der Waals surface area contributed by atoms with E-state index in [1.165, 1.54) is 10.8 Å². The Balaban J connectivity index is 1.29. The molecule has 9 rings (SSSR count). The van der Waals surface area contributed by atoms with Crippen molar-refractivity contribution in [2.75, 3.05) is 0 Å². The third kappa shape index (κ3) is 3.19. The van der Waals surface area contributed by atoms with Crippen LogP contribution in [0.5, 0.6) is 0 Å². The van der Waals surface area contributed by atoms with Crippen LogP contribution in [0.25, 0.3) is 77.5 Å². The van der Waals surface area contributed by atoms with Crippen molar-refractivity contribution >= 4 is 54.8 Å². The first-order chi connectivity index (χ1) is 20.3. The molecule has 0 bridgehead atoms. The molecule has 9 aromatic rings. The first kappa shape index (κ1) is 22.2. The van der Waals surface area contributed by atoms with Gasteiger partial charge in [0.25, 0.3) is 0 Å². The monoisotopic (exact) mass is 525 g/mol. The standard InChI is InChI=1S/C37H23N3O/c1-2-10-25(11-3-1)40-33-16-8-6-14-31(33)38-37(40)24-18-20-26(21-19-24)39-32-15-7-4-12-27(32)29-22-23-30-28-13-5-9-17-34(28)41-36(30)35(29)39/h1-23H. The molecular weight excluding hydrogens is 502 g/mol. The van der Waals surface area contributed by atoms with Gasteiger partial charge in [0.1, 0.15) is 11.4 Å². The van der Waals surface area contributed by atoms with Gasteiger partial charge < -0.3 is 8.98 Å². The number of benzene rings is 6. The molecule has 4 heteroatoms. The summed E-state index contributed by atoms with van der Waals surface area (Å²) in [5.74, 6) is 0.922. The number of para-hydroxylation sites is 5. The fourth-order valence-corrected chi connectivity index (χ4v) is 6.32. The summed E-state index contributed by atoms with van der Waals surface area (Å²) in [6.45, 7) is 0. The maximum Gasteiger partial charge on any atom is 0.160 e. The molecule has 3 heterocycles. The van der Waals surface area contributed by atoms with Gasteiger partial charge >= 0.3 is 0 Å². The van der Waals surface area contributed by atoms with Gasteiger partial charge in [0, 0.05) is 38.5 Å². The zero-order chi connectivity index (χ0) is 26.9. The number of imidazole rings is 1. The highest BCUT2D eigenvalue weighted by Gasteiger charge is 2.19. The molecule has 0 atom stereocenters. The molecule has 6 aromatic carbocycles. The van der Waals surface area contributed by atoms with E-state index in [0.717, 1.165) is 66.8 Å². The Bertz CT molecular complexity index is 2410. The zero-order valence-corrected chi connectivity index (χ0v) is 22.0. The van der Waals surface area contributed by atoms with Crippen LogP contribution in [0.2, 0.25) is 0 Å². The van der Waals surface area contributed by atoms with Gasteiger partial charge in [-0.15, -0.1) is 0 Å². The number of hydrogen-bond donors (Lipinski definition) is 0. The highest BCUT2D eigenvalue weighted by molar-refractivity contribution is 6.21. The number of aromatic nitrogens is 3. The summed E-state index contributed by atoms with van der Waals surface area (Å²) in [4.78, 5) is 5.06. The number of fused-ring (bicyclic) bond motifs is 8. The molecule has 41 heavy (non-hydrogen) atoms. The Morgan fingerprint density at radius 2 is 1.12 bits per heavy atom. The van der Waals surface area contributed by atoms with Crippen LogP contribution in [0, 0.1) is 0 Å². The van der Waals surface area contributed by atoms with E-state index in [2.05, 4.69) is 124 Å². The normalized spacial score (nSPS) is 11.9. The molecule has 0 aliphatic carbocycles. The Kier molecular flexibility index (Phi) is 4.58. The van der Waals surface area contributed by atoms with Gasteiger partial charge in [-0.25, -0.2) is 4.98 Å².